The van der Waals surface area contributed by atoms with Gasteiger partial charge in [0.05, 0.1) is 6.61 Å². The lowest BCUT2D eigenvalue weighted by Gasteiger charge is -2.25. The molecule has 0 aromatic heterocycles. The summed E-state index contributed by atoms with van der Waals surface area (Å²) in [5.41, 5.74) is 7.64. The minimum absolute atomic E-state index is 0.0546. The van der Waals surface area contributed by atoms with Crippen LogP contribution in [0.25, 0.3) is 0 Å². The van der Waals surface area contributed by atoms with E-state index >= 15 is 0 Å². The van der Waals surface area contributed by atoms with Crippen LogP contribution in [0.15, 0.2) is 22.7 Å². The molecule has 1 aromatic rings. The Balaban J connectivity index is 3.00. The summed E-state index contributed by atoms with van der Waals surface area (Å²) >= 11 is 3.53. The normalized spacial score (nSPS) is 12.7. The van der Waals surface area contributed by atoms with Gasteiger partial charge in [0.1, 0.15) is 5.75 Å². The van der Waals surface area contributed by atoms with Gasteiger partial charge in [-0.25, -0.2) is 0 Å². The third-order valence-corrected chi connectivity index (χ3v) is 3.95. The second-order valence-electron chi connectivity index (χ2n) is 4.98. The van der Waals surface area contributed by atoms with E-state index in [1.54, 1.807) is 0 Å². The Labute approximate surface area is 125 Å². The fourth-order valence-electron chi connectivity index (χ4n) is 2.57. The minimum Gasteiger partial charge on any atom is -0.494 e. The highest BCUT2D eigenvalue weighted by molar-refractivity contribution is 9.10. The molecule has 3 heteroatoms. The van der Waals surface area contributed by atoms with Gasteiger partial charge in [0.15, 0.2) is 0 Å². The van der Waals surface area contributed by atoms with Gasteiger partial charge in [-0.05, 0) is 43.9 Å². The van der Waals surface area contributed by atoms with Gasteiger partial charge in [0.25, 0.3) is 0 Å². The van der Waals surface area contributed by atoms with Crippen molar-refractivity contribution in [2.24, 2.45) is 11.7 Å². The van der Waals surface area contributed by atoms with E-state index in [9.17, 15) is 0 Å². The smallest absolute Gasteiger partial charge is 0.124 e. The van der Waals surface area contributed by atoms with Crippen LogP contribution in [0.3, 0.4) is 0 Å². The zero-order valence-corrected chi connectivity index (χ0v) is 13.9. The second-order valence-corrected chi connectivity index (χ2v) is 5.89. The molecule has 0 fully saturated rings. The Kier molecular flexibility index (Phi) is 7.47. The average Bonchev–Trinajstić information content (AvgIpc) is 2.40. The second kappa shape index (κ2) is 8.60. The van der Waals surface area contributed by atoms with E-state index in [2.05, 4.69) is 35.8 Å². The number of benzene rings is 1. The van der Waals surface area contributed by atoms with Crippen LogP contribution >= 0.6 is 15.9 Å². The molecule has 2 N–H and O–H groups in total. The topological polar surface area (TPSA) is 35.2 Å². The van der Waals surface area contributed by atoms with Crippen LogP contribution in [-0.2, 0) is 0 Å². The maximum absolute atomic E-state index is 6.51. The van der Waals surface area contributed by atoms with Gasteiger partial charge >= 0.3 is 0 Å². The minimum atomic E-state index is 0.0546. The molecule has 0 aliphatic heterocycles. The molecule has 1 aromatic carbocycles. The van der Waals surface area contributed by atoms with Crippen molar-refractivity contribution < 1.29 is 4.74 Å². The summed E-state index contributed by atoms with van der Waals surface area (Å²) < 4.78 is 6.78. The molecule has 1 rings (SSSR count). The maximum Gasteiger partial charge on any atom is 0.124 e. The Morgan fingerprint density at radius 1 is 1.16 bits per heavy atom. The maximum atomic E-state index is 6.51. The molecule has 0 spiro atoms. The first kappa shape index (κ1) is 16.5. The molecule has 0 radical (unpaired) electrons. The molecule has 0 heterocycles. The zero-order valence-electron chi connectivity index (χ0n) is 12.3. The summed E-state index contributed by atoms with van der Waals surface area (Å²) in [7, 11) is 0. The Morgan fingerprint density at radius 3 is 2.32 bits per heavy atom. The summed E-state index contributed by atoms with van der Waals surface area (Å²) in [6.07, 6.45) is 4.70. The monoisotopic (exact) mass is 327 g/mol. The lowest BCUT2D eigenvalue weighted by Crippen LogP contribution is -2.22. The molecular weight excluding hydrogens is 302 g/mol. The van der Waals surface area contributed by atoms with Gasteiger partial charge in [-0.2, -0.15) is 0 Å². The summed E-state index contributed by atoms with van der Waals surface area (Å²) in [6.45, 7) is 7.12. The molecule has 1 atom stereocenters. The molecule has 108 valence electrons. The van der Waals surface area contributed by atoms with E-state index in [1.165, 1.54) is 25.7 Å². The molecule has 0 bridgehead atoms. The summed E-state index contributed by atoms with van der Waals surface area (Å²) in [5, 5.41) is 0. The summed E-state index contributed by atoms with van der Waals surface area (Å²) in [4.78, 5) is 0. The van der Waals surface area contributed by atoms with Crippen molar-refractivity contribution in [3.05, 3.63) is 28.2 Å². The third-order valence-electron chi connectivity index (χ3n) is 3.46. The first-order valence-corrected chi connectivity index (χ1v) is 8.11. The van der Waals surface area contributed by atoms with Gasteiger partial charge in [0.2, 0.25) is 0 Å². The predicted molar refractivity (Wildman–Crippen MR) is 85.5 cm³/mol. The number of hydrogen-bond donors (Lipinski definition) is 1. The molecule has 0 saturated carbocycles. The first-order valence-electron chi connectivity index (χ1n) is 7.31. The highest BCUT2D eigenvalue weighted by Gasteiger charge is 2.21. The van der Waals surface area contributed by atoms with Crippen molar-refractivity contribution >= 4 is 15.9 Å². The quantitative estimate of drug-likeness (QED) is 0.723. The standard InChI is InChI=1S/C16H26BrNO/c1-4-7-12(8-5-2)16(18)14-11-13(17)9-10-15(14)19-6-3/h9-12,16H,4-8,18H2,1-3H3. The van der Waals surface area contributed by atoms with Crippen molar-refractivity contribution in [2.45, 2.75) is 52.5 Å². The van der Waals surface area contributed by atoms with Crippen LogP contribution in [0.2, 0.25) is 0 Å². The Bertz CT molecular complexity index is 375. The Morgan fingerprint density at radius 2 is 1.79 bits per heavy atom. The molecule has 19 heavy (non-hydrogen) atoms. The highest BCUT2D eigenvalue weighted by Crippen LogP contribution is 2.34. The van der Waals surface area contributed by atoms with Crippen LogP contribution in [-0.4, -0.2) is 6.61 Å². The summed E-state index contributed by atoms with van der Waals surface area (Å²) in [5.74, 6) is 1.46. The lowest BCUT2D eigenvalue weighted by atomic mass is 9.86. The van der Waals surface area contributed by atoms with E-state index in [0.29, 0.717) is 12.5 Å². The first-order chi connectivity index (χ1) is 9.13. The van der Waals surface area contributed by atoms with E-state index in [0.717, 1.165) is 15.8 Å². The number of rotatable bonds is 8. The largest absolute Gasteiger partial charge is 0.494 e. The molecule has 0 amide bonds. The van der Waals surface area contributed by atoms with Gasteiger partial charge in [-0.1, -0.05) is 42.6 Å². The molecule has 2 nitrogen and oxygen atoms in total. The third kappa shape index (κ3) is 4.81. The van der Waals surface area contributed by atoms with Gasteiger partial charge in [0, 0.05) is 16.1 Å². The number of hydrogen-bond acceptors (Lipinski definition) is 2. The van der Waals surface area contributed by atoms with E-state index < -0.39 is 0 Å². The zero-order chi connectivity index (χ0) is 14.3. The summed E-state index contributed by atoms with van der Waals surface area (Å²) in [6, 6.07) is 6.18. The van der Waals surface area contributed by atoms with Crippen LogP contribution in [0.5, 0.6) is 5.75 Å². The number of halogens is 1. The SMILES string of the molecule is CCCC(CCC)C(N)c1cc(Br)ccc1OCC. The van der Waals surface area contributed by atoms with Gasteiger partial charge in [-0.15, -0.1) is 0 Å². The average molecular weight is 328 g/mol. The van der Waals surface area contributed by atoms with Crippen molar-refractivity contribution in [3.63, 3.8) is 0 Å². The van der Waals surface area contributed by atoms with Gasteiger partial charge < -0.3 is 10.5 Å². The van der Waals surface area contributed by atoms with Crippen LogP contribution in [0.1, 0.15) is 58.1 Å². The van der Waals surface area contributed by atoms with Crippen LogP contribution in [0.4, 0.5) is 0 Å². The van der Waals surface area contributed by atoms with Crippen LogP contribution < -0.4 is 10.5 Å². The van der Waals surface area contributed by atoms with Crippen molar-refractivity contribution in [2.75, 3.05) is 6.61 Å². The lowest BCUT2D eigenvalue weighted by molar-refractivity contribution is 0.317. The number of ether oxygens (including phenoxy) is 1. The molecular formula is C16H26BrNO. The van der Waals surface area contributed by atoms with Crippen molar-refractivity contribution in [1.29, 1.82) is 0 Å². The fourth-order valence-corrected chi connectivity index (χ4v) is 2.94. The van der Waals surface area contributed by atoms with Crippen molar-refractivity contribution in [3.8, 4) is 5.75 Å². The van der Waals surface area contributed by atoms with E-state index in [4.69, 9.17) is 10.5 Å². The van der Waals surface area contributed by atoms with Gasteiger partial charge in [-0.3, -0.25) is 0 Å². The fraction of sp³-hybridized carbons (Fsp3) is 0.625. The molecule has 0 aliphatic carbocycles. The number of nitrogens with two attached hydrogens (primary N) is 1. The van der Waals surface area contributed by atoms with Crippen LogP contribution in [0, 0.1) is 5.92 Å². The molecule has 0 saturated heterocycles. The molecule has 0 aliphatic rings. The van der Waals surface area contributed by atoms with E-state index in [-0.39, 0.29) is 6.04 Å². The predicted octanol–water partition coefficient (Wildman–Crippen LogP) is 5.06. The van der Waals surface area contributed by atoms with E-state index in [1.807, 2.05) is 19.1 Å². The Hall–Kier alpha value is -0.540. The van der Waals surface area contributed by atoms with Crippen molar-refractivity contribution in [1.82, 2.24) is 0 Å². The molecule has 1 unspecified atom stereocenters. The highest BCUT2D eigenvalue weighted by atomic mass is 79.9.